The van der Waals surface area contributed by atoms with Gasteiger partial charge in [0.2, 0.25) is 5.91 Å². The van der Waals surface area contributed by atoms with Crippen LogP contribution < -0.4 is 5.32 Å². The van der Waals surface area contributed by atoms with Crippen LogP contribution in [0.25, 0.3) is 0 Å². The monoisotopic (exact) mass is 445 g/mol. The van der Waals surface area contributed by atoms with E-state index in [1.54, 1.807) is 7.11 Å². The SMILES string of the molecule is COCCCN1CCCN([C@H](C)C(=O)Nc2cccc(I)c2)CC1. The summed E-state index contributed by atoms with van der Waals surface area (Å²) in [6.07, 6.45) is 2.17. The van der Waals surface area contributed by atoms with E-state index < -0.39 is 0 Å². The molecule has 1 atom stereocenters. The van der Waals surface area contributed by atoms with Crippen LogP contribution >= 0.6 is 22.6 Å². The van der Waals surface area contributed by atoms with Crippen molar-refractivity contribution in [3.63, 3.8) is 0 Å². The molecule has 1 fully saturated rings. The minimum absolute atomic E-state index is 0.0739. The van der Waals surface area contributed by atoms with Gasteiger partial charge in [-0.05, 0) is 67.1 Å². The van der Waals surface area contributed by atoms with Gasteiger partial charge in [-0.1, -0.05) is 6.07 Å². The molecular formula is C18H28IN3O2. The van der Waals surface area contributed by atoms with Gasteiger partial charge in [0.25, 0.3) is 0 Å². The normalized spacial score (nSPS) is 18.1. The molecule has 1 amide bonds. The van der Waals surface area contributed by atoms with Gasteiger partial charge in [0.15, 0.2) is 0 Å². The average molecular weight is 445 g/mol. The van der Waals surface area contributed by atoms with E-state index in [1.807, 2.05) is 31.2 Å². The number of hydrogen-bond acceptors (Lipinski definition) is 4. The Morgan fingerprint density at radius 1 is 1.33 bits per heavy atom. The molecule has 0 bridgehead atoms. The Bertz CT molecular complexity index is 527. The van der Waals surface area contributed by atoms with Crippen molar-refractivity contribution >= 4 is 34.2 Å². The Labute approximate surface area is 158 Å². The van der Waals surface area contributed by atoms with Gasteiger partial charge in [-0.3, -0.25) is 9.69 Å². The molecule has 2 rings (SSSR count). The number of benzene rings is 1. The molecule has 1 N–H and O–H groups in total. The Morgan fingerprint density at radius 2 is 2.17 bits per heavy atom. The lowest BCUT2D eigenvalue weighted by Gasteiger charge is -2.27. The predicted octanol–water partition coefficient (Wildman–Crippen LogP) is 2.66. The molecule has 0 aromatic heterocycles. The number of ether oxygens (including phenoxy) is 1. The Morgan fingerprint density at radius 3 is 2.92 bits per heavy atom. The fourth-order valence-corrected chi connectivity index (χ4v) is 3.56. The molecule has 134 valence electrons. The molecular weight excluding hydrogens is 417 g/mol. The number of carbonyl (C=O) groups excluding carboxylic acids is 1. The van der Waals surface area contributed by atoms with Gasteiger partial charge >= 0.3 is 0 Å². The van der Waals surface area contributed by atoms with Crippen molar-refractivity contribution in [2.45, 2.75) is 25.8 Å². The van der Waals surface area contributed by atoms with E-state index >= 15 is 0 Å². The van der Waals surface area contributed by atoms with Crippen molar-refractivity contribution < 1.29 is 9.53 Å². The van der Waals surface area contributed by atoms with Crippen LogP contribution in [0, 0.1) is 3.57 Å². The number of carbonyl (C=O) groups is 1. The van der Waals surface area contributed by atoms with Crippen LogP contribution in [0.1, 0.15) is 19.8 Å². The number of nitrogens with zero attached hydrogens (tertiary/aromatic N) is 2. The molecule has 1 aromatic carbocycles. The van der Waals surface area contributed by atoms with E-state index in [4.69, 9.17) is 4.74 Å². The highest BCUT2D eigenvalue weighted by atomic mass is 127. The second-order valence-electron chi connectivity index (χ2n) is 6.25. The van der Waals surface area contributed by atoms with Crippen molar-refractivity contribution in [3.8, 4) is 0 Å². The Kier molecular flexibility index (Phi) is 8.44. The van der Waals surface area contributed by atoms with E-state index in [0.717, 1.165) is 61.4 Å². The van der Waals surface area contributed by atoms with Crippen LogP contribution in [-0.2, 0) is 9.53 Å². The van der Waals surface area contributed by atoms with Gasteiger partial charge in [-0.25, -0.2) is 0 Å². The van der Waals surface area contributed by atoms with Gasteiger partial charge in [0.1, 0.15) is 0 Å². The van der Waals surface area contributed by atoms with E-state index in [9.17, 15) is 4.79 Å². The first-order valence-corrected chi connectivity index (χ1v) is 9.70. The fourth-order valence-electron chi connectivity index (χ4n) is 3.01. The molecule has 6 heteroatoms. The van der Waals surface area contributed by atoms with E-state index in [1.165, 1.54) is 0 Å². The molecule has 1 aliphatic rings. The average Bonchev–Trinajstić information content (AvgIpc) is 2.80. The summed E-state index contributed by atoms with van der Waals surface area (Å²) in [6, 6.07) is 7.80. The van der Waals surface area contributed by atoms with Gasteiger partial charge in [-0.2, -0.15) is 0 Å². The third kappa shape index (κ3) is 6.31. The van der Waals surface area contributed by atoms with Gasteiger partial charge in [-0.15, -0.1) is 0 Å². The van der Waals surface area contributed by atoms with Crippen LogP contribution in [0.3, 0.4) is 0 Å². The molecule has 24 heavy (non-hydrogen) atoms. The molecule has 5 nitrogen and oxygen atoms in total. The second-order valence-corrected chi connectivity index (χ2v) is 7.50. The number of methoxy groups -OCH3 is 1. The lowest BCUT2D eigenvalue weighted by atomic mass is 10.2. The molecule has 0 aliphatic carbocycles. The summed E-state index contributed by atoms with van der Waals surface area (Å²) in [5, 5.41) is 3.04. The molecule has 1 heterocycles. The van der Waals surface area contributed by atoms with Crippen molar-refractivity contribution in [3.05, 3.63) is 27.8 Å². The topological polar surface area (TPSA) is 44.8 Å². The second kappa shape index (κ2) is 10.3. The lowest BCUT2D eigenvalue weighted by Crippen LogP contribution is -2.44. The molecule has 0 radical (unpaired) electrons. The Balaban J connectivity index is 1.83. The number of anilines is 1. The molecule has 0 unspecified atom stereocenters. The Hall–Kier alpha value is -0.700. The van der Waals surface area contributed by atoms with Crippen LogP contribution in [0.15, 0.2) is 24.3 Å². The minimum atomic E-state index is -0.109. The van der Waals surface area contributed by atoms with Crippen LogP contribution in [0.2, 0.25) is 0 Å². The molecule has 0 saturated carbocycles. The van der Waals surface area contributed by atoms with E-state index in [2.05, 4.69) is 37.7 Å². The number of amides is 1. The first-order valence-electron chi connectivity index (χ1n) is 8.62. The first-order chi connectivity index (χ1) is 11.6. The standard InChI is InChI=1S/C18H28IN3O2/c1-15(18(23)20-17-7-3-6-16(19)14-17)22-10-4-8-21(11-12-22)9-5-13-24-2/h3,6-7,14-15H,4-5,8-13H2,1-2H3,(H,20,23)/t15-/m1/s1. The van der Waals surface area contributed by atoms with Crippen molar-refractivity contribution in [2.24, 2.45) is 0 Å². The summed E-state index contributed by atoms with van der Waals surface area (Å²) < 4.78 is 6.25. The summed E-state index contributed by atoms with van der Waals surface area (Å²) in [5.41, 5.74) is 0.870. The predicted molar refractivity (Wildman–Crippen MR) is 106 cm³/mol. The smallest absolute Gasteiger partial charge is 0.241 e. The highest BCUT2D eigenvalue weighted by Crippen LogP contribution is 2.14. The third-order valence-corrected chi connectivity index (χ3v) is 5.14. The van der Waals surface area contributed by atoms with Gasteiger partial charge in [0.05, 0.1) is 6.04 Å². The zero-order valence-corrected chi connectivity index (χ0v) is 16.8. The summed E-state index contributed by atoms with van der Waals surface area (Å²) in [4.78, 5) is 17.3. The van der Waals surface area contributed by atoms with Crippen LogP contribution in [0.5, 0.6) is 0 Å². The van der Waals surface area contributed by atoms with Crippen molar-refractivity contribution in [2.75, 3.05) is 51.8 Å². The van der Waals surface area contributed by atoms with Gasteiger partial charge < -0.3 is 15.0 Å². The van der Waals surface area contributed by atoms with E-state index in [-0.39, 0.29) is 11.9 Å². The highest BCUT2D eigenvalue weighted by molar-refractivity contribution is 14.1. The first kappa shape index (κ1) is 19.6. The number of rotatable bonds is 7. The number of hydrogen-bond donors (Lipinski definition) is 1. The largest absolute Gasteiger partial charge is 0.385 e. The maximum absolute atomic E-state index is 12.5. The molecule has 1 aliphatic heterocycles. The number of halogens is 1. The maximum Gasteiger partial charge on any atom is 0.241 e. The zero-order chi connectivity index (χ0) is 17.4. The molecule has 1 saturated heterocycles. The van der Waals surface area contributed by atoms with Gasteiger partial charge in [0, 0.05) is 49.2 Å². The quantitative estimate of drug-likeness (QED) is 0.518. The van der Waals surface area contributed by atoms with Crippen LogP contribution in [-0.4, -0.2) is 68.2 Å². The molecule has 1 aromatic rings. The summed E-state index contributed by atoms with van der Waals surface area (Å²) >= 11 is 2.26. The summed E-state index contributed by atoms with van der Waals surface area (Å²) in [6.45, 7) is 7.93. The van der Waals surface area contributed by atoms with E-state index in [0.29, 0.717) is 0 Å². The number of nitrogens with one attached hydrogen (secondary N) is 1. The third-order valence-electron chi connectivity index (χ3n) is 4.47. The summed E-state index contributed by atoms with van der Waals surface area (Å²) in [7, 11) is 1.75. The minimum Gasteiger partial charge on any atom is -0.385 e. The highest BCUT2D eigenvalue weighted by Gasteiger charge is 2.24. The molecule has 0 spiro atoms. The summed E-state index contributed by atoms with van der Waals surface area (Å²) in [5.74, 6) is 0.0739. The fraction of sp³-hybridized carbons (Fsp3) is 0.611. The zero-order valence-electron chi connectivity index (χ0n) is 14.6. The van der Waals surface area contributed by atoms with Crippen LogP contribution in [0.4, 0.5) is 5.69 Å². The maximum atomic E-state index is 12.5. The van der Waals surface area contributed by atoms with Crippen molar-refractivity contribution in [1.29, 1.82) is 0 Å². The van der Waals surface area contributed by atoms with Crippen molar-refractivity contribution in [1.82, 2.24) is 9.80 Å². The lowest BCUT2D eigenvalue weighted by molar-refractivity contribution is -0.120.